The lowest BCUT2D eigenvalue weighted by molar-refractivity contribution is 0.424. The molecule has 0 radical (unpaired) electrons. The molecule has 0 amide bonds. The Kier molecular flexibility index (Phi) is 5.80. The van der Waals surface area contributed by atoms with Crippen LogP contribution >= 0.6 is 0 Å². The summed E-state index contributed by atoms with van der Waals surface area (Å²) in [5.41, 5.74) is 2.54. The summed E-state index contributed by atoms with van der Waals surface area (Å²) in [6, 6.07) is 4.36. The van der Waals surface area contributed by atoms with Crippen LogP contribution < -0.4 is 10.2 Å². The number of anilines is 1. The van der Waals surface area contributed by atoms with Gasteiger partial charge in [0, 0.05) is 31.4 Å². The van der Waals surface area contributed by atoms with Crippen molar-refractivity contribution in [1.82, 2.24) is 10.3 Å². The number of unbranched alkanes of at least 4 members (excludes halogenated alkanes) is 1. The molecule has 0 saturated carbocycles. The first-order valence-corrected chi connectivity index (χ1v) is 7.25. The molecule has 3 heteroatoms. The van der Waals surface area contributed by atoms with Crippen LogP contribution in [0.15, 0.2) is 12.1 Å². The summed E-state index contributed by atoms with van der Waals surface area (Å²) in [7, 11) is 2.12. The van der Waals surface area contributed by atoms with E-state index in [1.54, 1.807) is 0 Å². The van der Waals surface area contributed by atoms with E-state index < -0.39 is 0 Å². The van der Waals surface area contributed by atoms with Crippen LogP contribution in [0.1, 0.15) is 51.8 Å². The fourth-order valence-corrected chi connectivity index (χ4v) is 1.90. The maximum absolute atomic E-state index is 4.63. The van der Waals surface area contributed by atoms with Gasteiger partial charge in [0.1, 0.15) is 5.82 Å². The quantitative estimate of drug-likeness (QED) is 0.851. The molecule has 1 aromatic rings. The fraction of sp³-hybridized carbons (Fsp3) is 0.688. The van der Waals surface area contributed by atoms with E-state index >= 15 is 0 Å². The maximum Gasteiger partial charge on any atom is 0.128 e. The van der Waals surface area contributed by atoms with Crippen molar-refractivity contribution in [3.63, 3.8) is 0 Å². The van der Waals surface area contributed by atoms with E-state index in [2.05, 4.69) is 69.0 Å². The second kappa shape index (κ2) is 6.90. The third kappa shape index (κ3) is 6.06. The van der Waals surface area contributed by atoms with Crippen molar-refractivity contribution in [2.24, 2.45) is 0 Å². The van der Waals surface area contributed by atoms with Gasteiger partial charge in [0.15, 0.2) is 0 Å². The predicted octanol–water partition coefficient (Wildman–Crippen LogP) is 3.51. The van der Waals surface area contributed by atoms with Gasteiger partial charge < -0.3 is 10.2 Å². The van der Waals surface area contributed by atoms with E-state index in [0.29, 0.717) is 0 Å². The first kappa shape index (κ1) is 16.0. The minimum absolute atomic E-state index is 0.144. The van der Waals surface area contributed by atoms with Crippen LogP contribution in [0.3, 0.4) is 0 Å². The van der Waals surface area contributed by atoms with Gasteiger partial charge in [-0.05, 0) is 51.8 Å². The van der Waals surface area contributed by atoms with E-state index in [4.69, 9.17) is 0 Å². The van der Waals surface area contributed by atoms with E-state index in [1.807, 2.05) is 0 Å². The van der Waals surface area contributed by atoms with Crippen molar-refractivity contribution >= 4 is 5.82 Å². The summed E-state index contributed by atoms with van der Waals surface area (Å²) in [6.45, 7) is 12.8. The summed E-state index contributed by atoms with van der Waals surface area (Å²) in [5.74, 6) is 1.08. The maximum atomic E-state index is 4.63. The molecule has 0 aliphatic heterocycles. The second-order valence-electron chi connectivity index (χ2n) is 6.35. The summed E-state index contributed by atoms with van der Waals surface area (Å²) in [5, 5.41) is 3.53. The van der Waals surface area contributed by atoms with E-state index in [0.717, 1.165) is 24.6 Å². The Hall–Kier alpha value is -1.09. The Morgan fingerprint density at radius 1 is 1.26 bits per heavy atom. The highest BCUT2D eigenvalue weighted by molar-refractivity contribution is 5.41. The average Bonchev–Trinajstić information content (AvgIpc) is 2.32. The molecule has 0 unspecified atom stereocenters. The number of aryl methyl sites for hydroxylation is 1. The van der Waals surface area contributed by atoms with Gasteiger partial charge in [0.05, 0.1) is 0 Å². The molecule has 0 aliphatic rings. The second-order valence-corrected chi connectivity index (χ2v) is 6.35. The van der Waals surface area contributed by atoms with Crippen molar-refractivity contribution in [1.29, 1.82) is 0 Å². The van der Waals surface area contributed by atoms with Crippen LogP contribution in [0.4, 0.5) is 5.82 Å². The van der Waals surface area contributed by atoms with Gasteiger partial charge >= 0.3 is 0 Å². The summed E-state index contributed by atoms with van der Waals surface area (Å²) < 4.78 is 0. The molecular formula is C16H29N3. The Morgan fingerprint density at radius 2 is 1.95 bits per heavy atom. The lowest BCUT2D eigenvalue weighted by atomic mass is 10.1. The predicted molar refractivity (Wildman–Crippen MR) is 83.7 cm³/mol. The van der Waals surface area contributed by atoms with Crippen molar-refractivity contribution in [3.05, 3.63) is 23.4 Å². The van der Waals surface area contributed by atoms with E-state index in [9.17, 15) is 0 Å². The van der Waals surface area contributed by atoms with Gasteiger partial charge in [-0.15, -0.1) is 0 Å². The van der Waals surface area contributed by atoms with Gasteiger partial charge in [0.2, 0.25) is 0 Å². The van der Waals surface area contributed by atoms with Crippen LogP contribution in [0.5, 0.6) is 0 Å². The normalized spacial score (nSPS) is 11.7. The highest BCUT2D eigenvalue weighted by Crippen LogP contribution is 2.15. The number of rotatable bonds is 6. The van der Waals surface area contributed by atoms with Crippen LogP contribution in [0, 0.1) is 6.92 Å². The van der Waals surface area contributed by atoms with Gasteiger partial charge in [-0.25, -0.2) is 4.98 Å². The van der Waals surface area contributed by atoms with Crippen molar-refractivity contribution in [2.45, 2.75) is 59.5 Å². The number of aromatic nitrogens is 1. The molecule has 0 aliphatic carbocycles. The number of pyridine rings is 1. The highest BCUT2D eigenvalue weighted by atomic mass is 15.2. The summed E-state index contributed by atoms with van der Waals surface area (Å²) >= 11 is 0. The SMILES string of the molecule is CCCCN(C)c1cc(CNC(C)(C)C)cc(C)n1. The van der Waals surface area contributed by atoms with E-state index in [1.165, 1.54) is 18.4 Å². The highest BCUT2D eigenvalue weighted by Gasteiger charge is 2.10. The van der Waals surface area contributed by atoms with Gasteiger partial charge in [-0.3, -0.25) is 0 Å². The van der Waals surface area contributed by atoms with Crippen LogP contribution in [-0.4, -0.2) is 24.1 Å². The first-order valence-electron chi connectivity index (χ1n) is 7.25. The smallest absolute Gasteiger partial charge is 0.128 e. The Labute approximate surface area is 118 Å². The van der Waals surface area contributed by atoms with Crippen molar-refractivity contribution in [3.8, 4) is 0 Å². The molecule has 0 atom stereocenters. The number of nitrogens with zero attached hydrogens (tertiary/aromatic N) is 2. The van der Waals surface area contributed by atoms with Crippen LogP contribution in [0.25, 0.3) is 0 Å². The third-order valence-electron chi connectivity index (χ3n) is 3.06. The van der Waals surface area contributed by atoms with Crippen LogP contribution in [-0.2, 0) is 6.54 Å². The molecule has 0 bridgehead atoms. The molecule has 1 rings (SSSR count). The molecule has 1 N–H and O–H groups in total. The Morgan fingerprint density at radius 3 is 2.53 bits per heavy atom. The van der Waals surface area contributed by atoms with Crippen LogP contribution in [0.2, 0.25) is 0 Å². The average molecular weight is 263 g/mol. The summed E-state index contributed by atoms with van der Waals surface area (Å²) in [6.07, 6.45) is 2.43. The van der Waals surface area contributed by atoms with Gasteiger partial charge in [0.25, 0.3) is 0 Å². The van der Waals surface area contributed by atoms with Gasteiger partial charge in [-0.1, -0.05) is 13.3 Å². The third-order valence-corrected chi connectivity index (χ3v) is 3.06. The Bertz CT molecular complexity index is 393. The lowest BCUT2D eigenvalue weighted by Crippen LogP contribution is -2.35. The molecule has 3 nitrogen and oxygen atoms in total. The van der Waals surface area contributed by atoms with Crippen molar-refractivity contribution < 1.29 is 0 Å². The monoisotopic (exact) mass is 263 g/mol. The molecule has 1 aromatic heterocycles. The summed E-state index contributed by atoms with van der Waals surface area (Å²) in [4.78, 5) is 6.88. The van der Waals surface area contributed by atoms with Gasteiger partial charge in [-0.2, -0.15) is 0 Å². The standard InChI is InChI=1S/C16H29N3/c1-7-8-9-19(6)15-11-14(10-13(2)18-15)12-17-16(3,4)5/h10-11,17H,7-9,12H2,1-6H3. The molecular weight excluding hydrogens is 234 g/mol. The zero-order valence-corrected chi connectivity index (χ0v) is 13.4. The van der Waals surface area contributed by atoms with E-state index in [-0.39, 0.29) is 5.54 Å². The molecule has 0 saturated heterocycles. The topological polar surface area (TPSA) is 28.2 Å². The molecule has 108 valence electrons. The molecule has 1 heterocycles. The fourth-order valence-electron chi connectivity index (χ4n) is 1.90. The number of nitrogens with one attached hydrogen (secondary N) is 1. The molecule has 0 spiro atoms. The molecule has 0 aromatic carbocycles. The van der Waals surface area contributed by atoms with Crippen molar-refractivity contribution in [2.75, 3.05) is 18.5 Å². The number of hydrogen-bond donors (Lipinski definition) is 1. The number of hydrogen-bond acceptors (Lipinski definition) is 3. The zero-order valence-electron chi connectivity index (χ0n) is 13.4. The molecule has 0 fully saturated rings. The lowest BCUT2D eigenvalue weighted by Gasteiger charge is -2.22. The first-order chi connectivity index (χ1) is 8.81. The minimum Gasteiger partial charge on any atom is -0.360 e. The largest absolute Gasteiger partial charge is 0.360 e. The Balaban J connectivity index is 2.76. The zero-order chi connectivity index (χ0) is 14.5. The minimum atomic E-state index is 0.144. The molecule has 19 heavy (non-hydrogen) atoms.